The van der Waals surface area contributed by atoms with Crippen LogP contribution in [0.4, 0.5) is 5.82 Å². The third-order valence-electron chi connectivity index (χ3n) is 2.19. The number of hydrogen-bond donors (Lipinski definition) is 1. The molecule has 0 aliphatic rings. The molecule has 1 heterocycles. The molecule has 1 aromatic heterocycles. The molecule has 1 aromatic rings. The van der Waals surface area contributed by atoms with Crippen LogP contribution in [0.1, 0.15) is 13.8 Å². The number of aromatic nitrogens is 1. The van der Waals surface area contributed by atoms with Crippen LogP contribution >= 0.6 is 11.6 Å². The second kappa shape index (κ2) is 4.99. The Morgan fingerprint density at radius 2 is 2.00 bits per heavy atom. The van der Waals surface area contributed by atoms with Crippen molar-refractivity contribution in [3.05, 3.63) is 17.3 Å². The van der Waals surface area contributed by atoms with E-state index in [0.717, 1.165) is 0 Å². The van der Waals surface area contributed by atoms with E-state index in [-0.39, 0.29) is 15.7 Å². The Kier molecular flexibility index (Phi) is 4.12. The first-order valence-electron chi connectivity index (χ1n) is 4.84. The van der Waals surface area contributed by atoms with Crippen molar-refractivity contribution in [3.8, 4) is 0 Å². The molecule has 1 rings (SSSR count). The van der Waals surface area contributed by atoms with Crippen LogP contribution in [0.5, 0.6) is 0 Å². The molecule has 0 saturated heterocycles. The predicted molar refractivity (Wildman–Crippen MR) is 63.8 cm³/mol. The summed E-state index contributed by atoms with van der Waals surface area (Å²) in [6.07, 6.45) is 1.22. The van der Waals surface area contributed by atoms with E-state index < -0.39 is 10.0 Å². The highest BCUT2D eigenvalue weighted by Crippen LogP contribution is 2.22. The average Bonchev–Trinajstić information content (AvgIpc) is 2.23. The molecule has 0 fully saturated rings. The fraction of sp³-hybridized carbons (Fsp3) is 0.444. The highest BCUT2D eigenvalue weighted by molar-refractivity contribution is 7.89. The number of rotatable bonds is 4. The topological polar surface area (TPSA) is 76.3 Å². The van der Waals surface area contributed by atoms with Gasteiger partial charge in [-0.3, -0.25) is 0 Å². The van der Waals surface area contributed by atoms with Gasteiger partial charge in [0.25, 0.3) is 0 Å². The first-order valence-corrected chi connectivity index (χ1v) is 6.66. The fourth-order valence-corrected chi connectivity index (χ4v) is 2.95. The van der Waals surface area contributed by atoms with Crippen LogP contribution in [0.2, 0.25) is 5.02 Å². The molecule has 0 aliphatic carbocycles. The van der Waals surface area contributed by atoms with Crippen molar-refractivity contribution in [3.63, 3.8) is 0 Å². The molecule has 0 atom stereocenters. The van der Waals surface area contributed by atoms with Gasteiger partial charge in [-0.2, -0.15) is 4.31 Å². The highest BCUT2D eigenvalue weighted by Gasteiger charge is 2.22. The van der Waals surface area contributed by atoms with Crippen molar-refractivity contribution in [2.24, 2.45) is 0 Å². The van der Waals surface area contributed by atoms with Crippen LogP contribution in [0.25, 0.3) is 0 Å². The first kappa shape index (κ1) is 13.2. The van der Waals surface area contributed by atoms with E-state index in [1.807, 2.05) is 0 Å². The summed E-state index contributed by atoms with van der Waals surface area (Å²) in [5, 5.41) is 0.147. The third-order valence-corrected chi connectivity index (χ3v) is 4.51. The molecule has 0 spiro atoms. The number of pyridine rings is 1. The minimum Gasteiger partial charge on any atom is -0.382 e. The Morgan fingerprint density at radius 1 is 1.44 bits per heavy atom. The molecular formula is C9H14ClN3O2S. The minimum atomic E-state index is -3.51. The first-order chi connectivity index (χ1) is 7.43. The number of nitrogens with zero attached hydrogens (tertiary/aromatic N) is 2. The van der Waals surface area contributed by atoms with Crippen LogP contribution in [0.3, 0.4) is 0 Å². The van der Waals surface area contributed by atoms with Crippen molar-refractivity contribution >= 4 is 27.4 Å². The van der Waals surface area contributed by atoms with Crippen molar-refractivity contribution in [2.45, 2.75) is 18.7 Å². The molecule has 0 amide bonds. The lowest BCUT2D eigenvalue weighted by atomic mass is 10.5. The zero-order valence-electron chi connectivity index (χ0n) is 9.14. The van der Waals surface area contributed by atoms with Crippen molar-refractivity contribution in [1.82, 2.24) is 9.29 Å². The monoisotopic (exact) mass is 263 g/mol. The molecule has 0 radical (unpaired) electrons. The predicted octanol–water partition coefficient (Wildman–Crippen LogP) is 1.35. The van der Waals surface area contributed by atoms with Crippen molar-refractivity contribution in [1.29, 1.82) is 0 Å². The van der Waals surface area contributed by atoms with Gasteiger partial charge in [-0.15, -0.1) is 0 Å². The summed E-state index contributed by atoms with van der Waals surface area (Å²) in [7, 11) is -3.51. The molecule has 16 heavy (non-hydrogen) atoms. The number of sulfonamides is 1. The summed E-state index contributed by atoms with van der Waals surface area (Å²) in [6.45, 7) is 4.35. The summed E-state index contributed by atoms with van der Waals surface area (Å²) in [6, 6.07) is 1.32. The highest BCUT2D eigenvalue weighted by atomic mass is 35.5. The smallest absolute Gasteiger partial charge is 0.244 e. The van der Waals surface area contributed by atoms with E-state index in [2.05, 4.69) is 4.98 Å². The van der Waals surface area contributed by atoms with Gasteiger partial charge >= 0.3 is 0 Å². The van der Waals surface area contributed by atoms with E-state index in [0.29, 0.717) is 13.1 Å². The molecule has 90 valence electrons. The molecule has 7 heteroatoms. The maximum absolute atomic E-state index is 12.0. The second-order valence-electron chi connectivity index (χ2n) is 3.13. The van der Waals surface area contributed by atoms with Crippen molar-refractivity contribution in [2.75, 3.05) is 18.8 Å². The Morgan fingerprint density at radius 3 is 2.44 bits per heavy atom. The maximum Gasteiger partial charge on any atom is 0.244 e. The van der Waals surface area contributed by atoms with Crippen LogP contribution in [-0.2, 0) is 10.0 Å². The Labute approximate surface area is 100 Å². The standard InChI is InChI=1S/C9H14ClN3O2S/c1-3-13(4-2)16(14,15)7-5-8(10)9(11)12-6-7/h5-6H,3-4H2,1-2H3,(H2,11,12). The molecule has 0 unspecified atom stereocenters. The van der Waals surface area contributed by atoms with Gasteiger partial charge in [-0.25, -0.2) is 13.4 Å². The zero-order chi connectivity index (χ0) is 12.3. The Hall–Kier alpha value is -0.850. The summed E-state index contributed by atoms with van der Waals surface area (Å²) in [4.78, 5) is 3.80. The summed E-state index contributed by atoms with van der Waals surface area (Å²) in [5.74, 6) is 0.125. The zero-order valence-corrected chi connectivity index (χ0v) is 10.7. The summed E-state index contributed by atoms with van der Waals surface area (Å²) in [5.41, 5.74) is 5.42. The van der Waals surface area contributed by atoms with E-state index in [4.69, 9.17) is 17.3 Å². The van der Waals surface area contributed by atoms with Crippen LogP contribution in [0, 0.1) is 0 Å². The quantitative estimate of drug-likeness (QED) is 0.890. The number of nitrogen functional groups attached to an aromatic ring is 1. The molecule has 0 saturated carbocycles. The molecule has 0 aliphatic heterocycles. The van der Waals surface area contributed by atoms with Crippen LogP contribution < -0.4 is 5.73 Å². The Balaban J connectivity index is 3.22. The van der Waals surface area contributed by atoms with Crippen LogP contribution in [0.15, 0.2) is 17.2 Å². The molecule has 5 nitrogen and oxygen atoms in total. The normalized spacial score (nSPS) is 12.0. The van der Waals surface area contributed by atoms with Gasteiger partial charge in [0.2, 0.25) is 10.0 Å². The number of nitrogens with two attached hydrogens (primary N) is 1. The van der Waals surface area contributed by atoms with Gasteiger partial charge < -0.3 is 5.73 Å². The largest absolute Gasteiger partial charge is 0.382 e. The summed E-state index contributed by atoms with van der Waals surface area (Å²) >= 11 is 5.74. The second-order valence-corrected chi connectivity index (χ2v) is 5.47. The van der Waals surface area contributed by atoms with Gasteiger partial charge in [0.05, 0.1) is 5.02 Å². The average molecular weight is 264 g/mol. The lowest BCUT2D eigenvalue weighted by Crippen LogP contribution is -2.30. The van der Waals surface area contributed by atoms with E-state index >= 15 is 0 Å². The van der Waals surface area contributed by atoms with Gasteiger partial charge in [-0.05, 0) is 6.07 Å². The van der Waals surface area contributed by atoms with Gasteiger partial charge in [0, 0.05) is 19.3 Å². The van der Waals surface area contributed by atoms with Crippen LogP contribution in [-0.4, -0.2) is 30.8 Å². The molecule has 0 aromatic carbocycles. The number of halogens is 1. The number of anilines is 1. The van der Waals surface area contributed by atoms with E-state index in [1.54, 1.807) is 13.8 Å². The van der Waals surface area contributed by atoms with Gasteiger partial charge in [-0.1, -0.05) is 25.4 Å². The Bertz CT molecular complexity index is 472. The number of hydrogen-bond acceptors (Lipinski definition) is 4. The maximum atomic E-state index is 12.0. The third kappa shape index (κ3) is 2.45. The molecule has 2 N–H and O–H groups in total. The van der Waals surface area contributed by atoms with Gasteiger partial charge in [0.15, 0.2) is 0 Å². The lowest BCUT2D eigenvalue weighted by Gasteiger charge is -2.18. The minimum absolute atomic E-state index is 0.0652. The lowest BCUT2D eigenvalue weighted by molar-refractivity contribution is 0.445. The van der Waals surface area contributed by atoms with Crippen molar-refractivity contribution < 1.29 is 8.42 Å². The molecular weight excluding hydrogens is 250 g/mol. The SMILES string of the molecule is CCN(CC)S(=O)(=O)c1cnc(N)c(Cl)c1. The summed E-state index contributed by atoms with van der Waals surface area (Å²) < 4.78 is 25.4. The fourth-order valence-electron chi connectivity index (χ4n) is 1.28. The van der Waals surface area contributed by atoms with E-state index in [1.165, 1.54) is 16.6 Å². The molecule has 0 bridgehead atoms. The van der Waals surface area contributed by atoms with E-state index in [9.17, 15) is 8.42 Å². The van der Waals surface area contributed by atoms with Gasteiger partial charge in [0.1, 0.15) is 10.7 Å².